The standard InChI is InChI=1S/C25H33Cl2N3O4S/c1-6-21(25(32)28-14-17(2)3)29(15-19-11-8-7-10-18(19)4)23(31)16-30(35(5,33)34)22-13-9-12-20(26)24(22)27/h7-13,17,21H,6,14-16H2,1-5H3,(H,28,32)/t21-/m1/s1. The van der Waals surface area contributed by atoms with Crippen molar-refractivity contribution in [2.45, 2.75) is 46.7 Å². The minimum absolute atomic E-state index is 0.0274. The number of sulfonamides is 1. The minimum atomic E-state index is -3.90. The Morgan fingerprint density at radius 3 is 2.29 bits per heavy atom. The molecule has 0 aliphatic carbocycles. The van der Waals surface area contributed by atoms with Crippen LogP contribution in [-0.2, 0) is 26.2 Å². The van der Waals surface area contributed by atoms with E-state index in [2.05, 4.69) is 5.32 Å². The monoisotopic (exact) mass is 541 g/mol. The van der Waals surface area contributed by atoms with Crippen LogP contribution in [0.25, 0.3) is 0 Å². The number of aryl methyl sites for hydroxylation is 1. The number of amides is 2. The van der Waals surface area contributed by atoms with E-state index < -0.39 is 28.5 Å². The maximum Gasteiger partial charge on any atom is 0.244 e. The Morgan fingerprint density at radius 2 is 1.71 bits per heavy atom. The van der Waals surface area contributed by atoms with E-state index in [1.165, 1.54) is 17.0 Å². The highest BCUT2D eigenvalue weighted by molar-refractivity contribution is 7.92. The number of nitrogens with one attached hydrogen (secondary N) is 1. The topological polar surface area (TPSA) is 86.8 Å². The van der Waals surface area contributed by atoms with Gasteiger partial charge in [0.25, 0.3) is 0 Å². The molecule has 0 heterocycles. The largest absolute Gasteiger partial charge is 0.354 e. The molecule has 0 spiro atoms. The van der Waals surface area contributed by atoms with Crippen molar-refractivity contribution < 1.29 is 18.0 Å². The first kappa shape index (κ1) is 28.9. The first-order valence-corrected chi connectivity index (χ1v) is 14.0. The second-order valence-corrected chi connectivity index (χ2v) is 11.5. The smallest absolute Gasteiger partial charge is 0.244 e. The normalized spacial score (nSPS) is 12.3. The van der Waals surface area contributed by atoms with Crippen molar-refractivity contribution in [2.75, 3.05) is 23.7 Å². The molecular formula is C25H33Cl2N3O4S. The molecule has 1 atom stereocenters. The zero-order valence-corrected chi connectivity index (χ0v) is 23.0. The van der Waals surface area contributed by atoms with Crippen LogP contribution in [0.5, 0.6) is 0 Å². The Hall–Kier alpha value is -2.29. The number of anilines is 1. The second kappa shape index (κ2) is 12.6. The number of nitrogens with zero attached hydrogens (tertiary/aromatic N) is 2. The fourth-order valence-electron chi connectivity index (χ4n) is 3.59. The first-order valence-electron chi connectivity index (χ1n) is 11.4. The van der Waals surface area contributed by atoms with E-state index in [0.717, 1.165) is 21.7 Å². The maximum atomic E-state index is 13.7. The molecule has 0 bridgehead atoms. The van der Waals surface area contributed by atoms with Gasteiger partial charge in [-0.15, -0.1) is 0 Å². The van der Waals surface area contributed by atoms with Gasteiger partial charge in [0, 0.05) is 13.1 Å². The van der Waals surface area contributed by atoms with Gasteiger partial charge in [-0.2, -0.15) is 0 Å². The summed E-state index contributed by atoms with van der Waals surface area (Å²) in [6.45, 7) is 7.80. The van der Waals surface area contributed by atoms with E-state index in [1.54, 1.807) is 6.07 Å². The van der Waals surface area contributed by atoms with E-state index >= 15 is 0 Å². The number of carbonyl (C=O) groups excluding carboxylic acids is 2. The van der Waals surface area contributed by atoms with E-state index in [1.807, 2.05) is 52.0 Å². The molecule has 2 aromatic carbocycles. The van der Waals surface area contributed by atoms with Crippen LogP contribution < -0.4 is 9.62 Å². The van der Waals surface area contributed by atoms with Gasteiger partial charge in [-0.05, 0) is 42.5 Å². The molecule has 10 heteroatoms. The maximum absolute atomic E-state index is 13.7. The van der Waals surface area contributed by atoms with Crippen LogP contribution in [0.4, 0.5) is 5.69 Å². The predicted molar refractivity (Wildman–Crippen MR) is 142 cm³/mol. The zero-order chi connectivity index (χ0) is 26.3. The third kappa shape index (κ3) is 7.85. The molecule has 35 heavy (non-hydrogen) atoms. The van der Waals surface area contributed by atoms with Crippen molar-refractivity contribution in [2.24, 2.45) is 5.92 Å². The highest BCUT2D eigenvalue weighted by Crippen LogP contribution is 2.33. The lowest BCUT2D eigenvalue weighted by Gasteiger charge is -2.33. The summed E-state index contributed by atoms with van der Waals surface area (Å²) in [5, 5.41) is 3.09. The summed E-state index contributed by atoms with van der Waals surface area (Å²) in [5.74, 6) is -0.571. The molecule has 0 aromatic heterocycles. The highest BCUT2D eigenvalue weighted by atomic mass is 35.5. The van der Waals surface area contributed by atoms with Crippen molar-refractivity contribution in [1.29, 1.82) is 0 Å². The molecule has 0 saturated carbocycles. The predicted octanol–water partition coefficient (Wildman–Crippen LogP) is 4.65. The highest BCUT2D eigenvalue weighted by Gasteiger charge is 2.32. The number of halogens is 2. The number of carbonyl (C=O) groups is 2. The summed E-state index contributed by atoms with van der Waals surface area (Å²) in [6.07, 6.45) is 1.36. The molecule has 0 radical (unpaired) electrons. The van der Waals surface area contributed by atoms with Gasteiger partial charge in [-0.3, -0.25) is 13.9 Å². The third-order valence-corrected chi connectivity index (χ3v) is 7.49. The van der Waals surface area contributed by atoms with Crippen molar-refractivity contribution in [3.05, 3.63) is 63.6 Å². The average molecular weight is 543 g/mol. The lowest BCUT2D eigenvalue weighted by Crippen LogP contribution is -2.52. The summed E-state index contributed by atoms with van der Waals surface area (Å²) < 4.78 is 26.3. The molecule has 2 aromatic rings. The van der Waals surface area contributed by atoms with Gasteiger partial charge in [0.2, 0.25) is 21.8 Å². The number of rotatable bonds is 11. The van der Waals surface area contributed by atoms with Gasteiger partial charge in [-0.25, -0.2) is 8.42 Å². The van der Waals surface area contributed by atoms with Crippen molar-refractivity contribution in [1.82, 2.24) is 10.2 Å². The van der Waals surface area contributed by atoms with Gasteiger partial charge in [-0.1, -0.05) is 74.3 Å². The fourth-order valence-corrected chi connectivity index (χ4v) is 4.89. The van der Waals surface area contributed by atoms with Crippen LogP contribution in [0.1, 0.15) is 38.3 Å². The summed E-state index contributed by atoms with van der Waals surface area (Å²) >= 11 is 12.4. The van der Waals surface area contributed by atoms with E-state index in [9.17, 15) is 18.0 Å². The second-order valence-electron chi connectivity index (χ2n) is 8.85. The number of hydrogen-bond acceptors (Lipinski definition) is 4. The molecule has 0 aliphatic rings. The summed E-state index contributed by atoms with van der Waals surface area (Å²) in [5.41, 5.74) is 1.92. The third-order valence-electron chi connectivity index (χ3n) is 5.55. The Bertz CT molecular complexity index is 1160. The van der Waals surface area contributed by atoms with E-state index in [0.29, 0.717) is 13.0 Å². The van der Waals surface area contributed by atoms with E-state index in [4.69, 9.17) is 23.2 Å². The summed E-state index contributed by atoms with van der Waals surface area (Å²) in [7, 11) is -3.90. The Kier molecular flexibility index (Phi) is 10.4. The molecule has 2 amide bonds. The SMILES string of the molecule is CC[C@H](C(=O)NCC(C)C)N(Cc1ccccc1C)C(=O)CN(c1cccc(Cl)c1Cl)S(C)(=O)=O. The molecule has 2 rings (SSSR count). The molecule has 0 saturated heterocycles. The van der Waals surface area contributed by atoms with Crippen LogP contribution in [-0.4, -0.2) is 50.5 Å². The Labute approximate surface area is 218 Å². The number of hydrogen-bond donors (Lipinski definition) is 1. The molecule has 192 valence electrons. The first-order chi connectivity index (χ1) is 16.4. The van der Waals surface area contributed by atoms with Crippen molar-refractivity contribution >= 4 is 50.7 Å². The van der Waals surface area contributed by atoms with Gasteiger partial charge in [0.1, 0.15) is 12.6 Å². The Morgan fingerprint density at radius 1 is 1.06 bits per heavy atom. The summed E-state index contributed by atoms with van der Waals surface area (Å²) in [4.78, 5) is 28.2. The van der Waals surface area contributed by atoms with Crippen molar-refractivity contribution in [3.8, 4) is 0 Å². The fraction of sp³-hybridized carbons (Fsp3) is 0.440. The molecule has 1 N–H and O–H groups in total. The van der Waals surface area contributed by atoms with Gasteiger partial charge >= 0.3 is 0 Å². The molecule has 0 aliphatic heterocycles. The summed E-state index contributed by atoms with van der Waals surface area (Å²) in [6, 6.07) is 11.4. The minimum Gasteiger partial charge on any atom is -0.354 e. The molecular weight excluding hydrogens is 509 g/mol. The van der Waals surface area contributed by atoms with Gasteiger partial charge < -0.3 is 10.2 Å². The van der Waals surface area contributed by atoms with E-state index in [-0.39, 0.29) is 34.1 Å². The Balaban J connectivity index is 2.48. The van der Waals surface area contributed by atoms with Crippen LogP contribution in [0.2, 0.25) is 10.0 Å². The molecule has 7 nitrogen and oxygen atoms in total. The molecule has 0 unspecified atom stereocenters. The van der Waals surface area contributed by atoms with Crippen LogP contribution in [0.3, 0.4) is 0 Å². The molecule has 0 fully saturated rings. The van der Waals surface area contributed by atoms with Crippen molar-refractivity contribution in [3.63, 3.8) is 0 Å². The van der Waals surface area contributed by atoms with Crippen LogP contribution in [0.15, 0.2) is 42.5 Å². The lowest BCUT2D eigenvalue weighted by molar-refractivity contribution is -0.140. The lowest BCUT2D eigenvalue weighted by atomic mass is 10.1. The van der Waals surface area contributed by atoms with Crippen LogP contribution >= 0.6 is 23.2 Å². The zero-order valence-electron chi connectivity index (χ0n) is 20.7. The van der Waals surface area contributed by atoms with Gasteiger partial charge in [0.05, 0.1) is 22.0 Å². The quantitative estimate of drug-likeness (QED) is 0.448. The van der Waals surface area contributed by atoms with Crippen LogP contribution in [0, 0.1) is 12.8 Å². The average Bonchev–Trinajstić information content (AvgIpc) is 2.78. The van der Waals surface area contributed by atoms with Gasteiger partial charge in [0.15, 0.2) is 0 Å². The number of benzene rings is 2.